The molecule has 2 aromatic rings. The number of halogens is 1. The Morgan fingerprint density at radius 2 is 2.00 bits per heavy atom. The number of carbonyl (C=O) groups is 1. The third kappa shape index (κ3) is 3.63. The van der Waals surface area contributed by atoms with E-state index in [1.54, 1.807) is 6.26 Å². The summed E-state index contributed by atoms with van der Waals surface area (Å²) in [6.45, 7) is 3.01. The van der Waals surface area contributed by atoms with E-state index < -0.39 is 0 Å². The standard InChI is InChI=1S/C18H21N3O3.BrH/c22-16-10-21(8-6-14(16)7-9-21)11-17(23)19-18-15(12-24-20-18)13-4-2-1-3-5-13;/h1-5,12,14,16,22H,6-11H2;1H/t14?,16-,21?;/m0./s1. The van der Waals surface area contributed by atoms with Gasteiger partial charge in [0, 0.05) is 18.8 Å². The Bertz CT molecular complexity index is 726. The minimum Gasteiger partial charge on any atom is -1.00 e. The first-order valence-corrected chi connectivity index (χ1v) is 8.48. The van der Waals surface area contributed by atoms with E-state index in [9.17, 15) is 9.90 Å². The first kappa shape index (κ1) is 18.1. The van der Waals surface area contributed by atoms with Crippen molar-refractivity contribution in [2.45, 2.75) is 18.9 Å². The number of hydrogen-bond donors (Lipinski definition) is 2. The number of hydrogen-bond acceptors (Lipinski definition) is 4. The zero-order chi connectivity index (χ0) is 16.6. The van der Waals surface area contributed by atoms with Crippen LogP contribution in [-0.2, 0) is 4.79 Å². The molecule has 5 rings (SSSR count). The summed E-state index contributed by atoms with van der Waals surface area (Å²) in [6.07, 6.45) is 3.29. The fourth-order valence-corrected chi connectivity index (χ4v) is 4.10. The van der Waals surface area contributed by atoms with E-state index in [2.05, 4.69) is 10.5 Å². The number of piperidine rings is 3. The highest BCUT2D eigenvalue weighted by atomic mass is 79.9. The molecule has 0 unspecified atom stereocenters. The SMILES string of the molecule is O=C(C[N+]12CCC(CC1)[C@@H](O)C2)Nc1nocc1-c1ccccc1.[Br-]. The van der Waals surface area contributed by atoms with Crippen molar-refractivity contribution in [1.82, 2.24) is 5.16 Å². The van der Waals surface area contributed by atoms with Gasteiger partial charge >= 0.3 is 0 Å². The number of anilines is 1. The highest BCUT2D eigenvalue weighted by Gasteiger charge is 2.46. The molecule has 134 valence electrons. The maximum absolute atomic E-state index is 12.6. The molecule has 25 heavy (non-hydrogen) atoms. The maximum Gasteiger partial charge on any atom is 0.280 e. The van der Waals surface area contributed by atoms with E-state index >= 15 is 0 Å². The lowest BCUT2D eigenvalue weighted by Gasteiger charge is -2.50. The fourth-order valence-electron chi connectivity index (χ4n) is 4.10. The highest BCUT2D eigenvalue weighted by molar-refractivity contribution is 5.94. The molecule has 0 spiro atoms. The molecule has 4 heterocycles. The molecular formula is C18H22BrN3O3. The van der Waals surface area contributed by atoms with Crippen molar-refractivity contribution in [3.63, 3.8) is 0 Å². The van der Waals surface area contributed by atoms with Gasteiger partial charge in [-0.15, -0.1) is 0 Å². The zero-order valence-electron chi connectivity index (χ0n) is 13.9. The number of benzene rings is 1. The van der Waals surface area contributed by atoms with E-state index in [-0.39, 0.29) is 29.0 Å². The summed E-state index contributed by atoms with van der Waals surface area (Å²) in [4.78, 5) is 12.6. The summed E-state index contributed by atoms with van der Waals surface area (Å²) >= 11 is 0. The van der Waals surface area contributed by atoms with Crippen LogP contribution in [0.3, 0.4) is 0 Å². The van der Waals surface area contributed by atoms with Gasteiger partial charge in [0.15, 0.2) is 12.4 Å². The van der Waals surface area contributed by atoms with E-state index in [0.29, 0.717) is 29.3 Å². The van der Waals surface area contributed by atoms with Crippen LogP contribution in [0.25, 0.3) is 11.1 Å². The summed E-state index contributed by atoms with van der Waals surface area (Å²) < 4.78 is 5.74. The molecule has 2 N–H and O–H groups in total. The predicted molar refractivity (Wildman–Crippen MR) is 89.0 cm³/mol. The number of amides is 1. The molecule has 1 atom stereocenters. The minimum absolute atomic E-state index is 0. The Hall–Kier alpha value is -1.70. The summed E-state index contributed by atoms with van der Waals surface area (Å²) in [6, 6.07) is 9.72. The van der Waals surface area contributed by atoms with Crippen LogP contribution in [0.15, 0.2) is 41.1 Å². The number of fused-ring (bicyclic) bond motifs is 3. The number of nitrogens with one attached hydrogen (secondary N) is 1. The fraction of sp³-hybridized carbons (Fsp3) is 0.444. The van der Waals surface area contributed by atoms with Crippen LogP contribution in [-0.4, -0.2) is 52.9 Å². The average Bonchev–Trinajstić information content (AvgIpc) is 3.04. The molecule has 3 aliphatic rings. The van der Waals surface area contributed by atoms with Crippen molar-refractivity contribution in [2.75, 3.05) is 31.5 Å². The second kappa shape index (κ2) is 7.27. The van der Waals surface area contributed by atoms with E-state index in [0.717, 1.165) is 37.1 Å². The topological polar surface area (TPSA) is 75.4 Å². The smallest absolute Gasteiger partial charge is 0.280 e. The van der Waals surface area contributed by atoms with Gasteiger partial charge in [0.1, 0.15) is 18.9 Å². The third-order valence-corrected chi connectivity index (χ3v) is 5.46. The second-order valence-corrected chi connectivity index (χ2v) is 7.03. The van der Waals surface area contributed by atoms with Crippen molar-refractivity contribution in [1.29, 1.82) is 0 Å². The molecular weight excluding hydrogens is 386 g/mol. The molecule has 2 bridgehead atoms. The number of rotatable bonds is 4. The molecule has 3 fully saturated rings. The predicted octanol–water partition coefficient (Wildman–Crippen LogP) is -1.11. The van der Waals surface area contributed by atoms with Gasteiger partial charge in [-0.1, -0.05) is 35.5 Å². The van der Waals surface area contributed by atoms with Crippen molar-refractivity contribution in [3.8, 4) is 11.1 Å². The molecule has 3 saturated heterocycles. The molecule has 1 aromatic heterocycles. The first-order valence-electron chi connectivity index (χ1n) is 8.48. The van der Waals surface area contributed by atoms with Crippen LogP contribution in [0.4, 0.5) is 5.82 Å². The average molecular weight is 408 g/mol. The number of carbonyl (C=O) groups excluding carboxylic acids is 1. The lowest BCUT2D eigenvalue weighted by molar-refractivity contribution is -0.939. The summed E-state index contributed by atoms with van der Waals surface area (Å²) in [5.74, 6) is 0.804. The summed E-state index contributed by atoms with van der Waals surface area (Å²) in [5.41, 5.74) is 1.73. The monoisotopic (exact) mass is 407 g/mol. The van der Waals surface area contributed by atoms with Gasteiger partial charge in [-0.2, -0.15) is 0 Å². The van der Waals surface area contributed by atoms with Crippen molar-refractivity contribution in [2.24, 2.45) is 5.92 Å². The number of aliphatic hydroxyl groups is 1. The molecule has 0 radical (unpaired) electrons. The van der Waals surface area contributed by atoms with Gasteiger partial charge in [0.05, 0.1) is 18.7 Å². The van der Waals surface area contributed by atoms with Crippen molar-refractivity contribution in [3.05, 3.63) is 36.6 Å². The van der Waals surface area contributed by atoms with E-state index in [1.165, 1.54) is 0 Å². The molecule has 0 aliphatic carbocycles. The van der Waals surface area contributed by atoms with Crippen LogP contribution in [0, 0.1) is 5.92 Å². The lowest BCUT2D eigenvalue weighted by atomic mass is 9.83. The van der Waals surface area contributed by atoms with Crippen LogP contribution < -0.4 is 22.3 Å². The lowest BCUT2D eigenvalue weighted by Crippen LogP contribution is -3.00. The normalized spacial score (nSPS) is 27.6. The molecule has 6 nitrogen and oxygen atoms in total. The van der Waals surface area contributed by atoms with Crippen LogP contribution in [0.2, 0.25) is 0 Å². The highest BCUT2D eigenvalue weighted by Crippen LogP contribution is 2.34. The molecule has 0 saturated carbocycles. The number of nitrogens with zero attached hydrogens (tertiary/aromatic N) is 2. The Labute approximate surface area is 157 Å². The van der Waals surface area contributed by atoms with Gasteiger partial charge in [-0.25, -0.2) is 0 Å². The number of aliphatic hydroxyl groups excluding tert-OH is 1. The molecule has 1 aromatic carbocycles. The quantitative estimate of drug-likeness (QED) is 0.629. The Kier molecular flexibility index (Phi) is 5.27. The molecule has 1 amide bonds. The van der Waals surface area contributed by atoms with Gasteiger partial charge in [0.25, 0.3) is 5.91 Å². The first-order chi connectivity index (χ1) is 11.7. The van der Waals surface area contributed by atoms with Crippen LogP contribution in [0.5, 0.6) is 0 Å². The van der Waals surface area contributed by atoms with Gasteiger partial charge in [-0.05, 0) is 5.56 Å². The number of quaternary nitrogens is 1. The van der Waals surface area contributed by atoms with E-state index in [4.69, 9.17) is 4.52 Å². The summed E-state index contributed by atoms with van der Waals surface area (Å²) in [7, 11) is 0. The molecule has 3 aliphatic heterocycles. The minimum atomic E-state index is -0.271. The largest absolute Gasteiger partial charge is 1.00 e. The Morgan fingerprint density at radius 1 is 1.28 bits per heavy atom. The molecule has 7 heteroatoms. The Morgan fingerprint density at radius 3 is 2.68 bits per heavy atom. The van der Waals surface area contributed by atoms with Gasteiger partial charge in [0.2, 0.25) is 0 Å². The second-order valence-electron chi connectivity index (χ2n) is 7.03. The third-order valence-electron chi connectivity index (χ3n) is 5.46. The maximum atomic E-state index is 12.6. The van der Waals surface area contributed by atoms with Gasteiger partial charge in [-0.3, -0.25) is 4.79 Å². The van der Waals surface area contributed by atoms with Crippen LogP contribution >= 0.6 is 0 Å². The zero-order valence-corrected chi connectivity index (χ0v) is 15.5. The van der Waals surface area contributed by atoms with Crippen molar-refractivity contribution < 1.29 is 35.9 Å². The number of aromatic nitrogens is 1. The summed E-state index contributed by atoms with van der Waals surface area (Å²) in [5, 5.41) is 17.0. The Balaban J connectivity index is 0.00000182. The van der Waals surface area contributed by atoms with Crippen molar-refractivity contribution >= 4 is 11.7 Å². The van der Waals surface area contributed by atoms with Gasteiger partial charge < -0.3 is 36.4 Å². The van der Waals surface area contributed by atoms with Crippen LogP contribution in [0.1, 0.15) is 12.8 Å². The van der Waals surface area contributed by atoms with E-state index in [1.807, 2.05) is 30.3 Å².